The van der Waals surface area contributed by atoms with Crippen molar-refractivity contribution in [2.45, 2.75) is 12.6 Å². The molecule has 0 spiro atoms. The van der Waals surface area contributed by atoms with Gasteiger partial charge in [0.2, 0.25) is 5.75 Å². The van der Waals surface area contributed by atoms with Crippen LogP contribution in [0.15, 0.2) is 12.1 Å². The average Bonchev–Trinajstić information content (AvgIpc) is 2.54. The number of ether oxygens (including phenoxy) is 5. The van der Waals surface area contributed by atoms with Crippen LogP contribution in [0.4, 0.5) is 0 Å². The molecule has 1 aliphatic heterocycles. The topological polar surface area (TPSA) is 58.2 Å². The lowest BCUT2D eigenvalue weighted by atomic mass is 10.1. The molecule has 0 aliphatic carbocycles. The molecular weight excluding hydrogens is 274 g/mol. The average molecular weight is 297 g/mol. The SMILES string of the molecule is COc1cc(CNCC2COCCO2)cc(OC)c1OC. The first kappa shape index (κ1) is 15.9. The van der Waals surface area contributed by atoms with Crippen LogP contribution in [-0.4, -0.2) is 53.8 Å². The van der Waals surface area contributed by atoms with E-state index in [0.717, 1.165) is 12.1 Å². The number of rotatable bonds is 7. The lowest BCUT2D eigenvalue weighted by Crippen LogP contribution is -2.37. The van der Waals surface area contributed by atoms with Crippen molar-refractivity contribution < 1.29 is 23.7 Å². The zero-order chi connectivity index (χ0) is 15.1. The Balaban J connectivity index is 1.95. The van der Waals surface area contributed by atoms with Crippen LogP contribution in [0.25, 0.3) is 0 Å². The Morgan fingerprint density at radius 3 is 2.33 bits per heavy atom. The quantitative estimate of drug-likeness (QED) is 0.816. The normalized spacial score (nSPS) is 18.3. The third kappa shape index (κ3) is 4.23. The second kappa shape index (κ2) is 8.07. The molecule has 1 atom stereocenters. The first-order valence-corrected chi connectivity index (χ1v) is 6.97. The van der Waals surface area contributed by atoms with E-state index < -0.39 is 0 Å². The van der Waals surface area contributed by atoms with Crippen molar-refractivity contribution >= 4 is 0 Å². The molecule has 1 fully saturated rings. The van der Waals surface area contributed by atoms with E-state index in [4.69, 9.17) is 23.7 Å². The third-order valence-corrected chi connectivity index (χ3v) is 3.31. The van der Waals surface area contributed by atoms with Crippen molar-refractivity contribution in [1.82, 2.24) is 5.32 Å². The molecule has 0 radical (unpaired) electrons. The fraction of sp³-hybridized carbons (Fsp3) is 0.600. The Hall–Kier alpha value is -1.50. The van der Waals surface area contributed by atoms with Gasteiger partial charge >= 0.3 is 0 Å². The van der Waals surface area contributed by atoms with Gasteiger partial charge in [-0.05, 0) is 17.7 Å². The molecule has 1 aromatic carbocycles. The van der Waals surface area contributed by atoms with E-state index in [9.17, 15) is 0 Å². The number of benzene rings is 1. The van der Waals surface area contributed by atoms with Crippen molar-refractivity contribution in [2.75, 3.05) is 47.7 Å². The molecule has 1 N–H and O–H groups in total. The minimum Gasteiger partial charge on any atom is -0.493 e. The first-order valence-electron chi connectivity index (χ1n) is 6.97. The second-order valence-electron chi connectivity index (χ2n) is 4.73. The predicted molar refractivity (Wildman–Crippen MR) is 78.4 cm³/mol. The number of nitrogens with one attached hydrogen (secondary N) is 1. The molecule has 2 rings (SSSR count). The van der Waals surface area contributed by atoms with E-state index in [1.54, 1.807) is 21.3 Å². The molecule has 0 saturated carbocycles. The van der Waals surface area contributed by atoms with Crippen molar-refractivity contribution in [1.29, 1.82) is 0 Å². The molecule has 118 valence electrons. The van der Waals surface area contributed by atoms with Gasteiger partial charge in [0, 0.05) is 13.1 Å². The van der Waals surface area contributed by atoms with Crippen LogP contribution in [0.1, 0.15) is 5.56 Å². The highest BCUT2D eigenvalue weighted by Crippen LogP contribution is 2.38. The minimum absolute atomic E-state index is 0.112. The number of hydrogen-bond donors (Lipinski definition) is 1. The van der Waals surface area contributed by atoms with E-state index in [-0.39, 0.29) is 6.10 Å². The summed E-state index contributed by atoms with van der Waals surface area (Å²) in [5, 5.41) is 3.35. The number of methoxy groups -OCH3 is 3. The Bertz CT molecular complexity index is 421. The summed E-state index contributed by atoms with van der Waals surface area (Å²) in [5.74, 6) is 1.92. The maximum absolute atomic E-state index is 5.59. The van der Waals surface area contributed by atoms with E-state index in [0.29, 0.717) is 43.6 Å². The van der Waals surface area contributed by atoms with Crippen molar-refractivity contribution in [3.8, 4) is 17.2 Å². The monoisotopic (exact) mass is 297 g/mol. The predicted octanol–water partition coefficient (Wildman–Crippen LogP) is 1.22. The van der Waals surface area contributed by atoms with Crippen molar-refractivity contribution in [2.24, 2.45) is 0 Å². The molecule has 1 saturated heterocycles. The lowest BCUT2D eigenvalue weighted by molar-refractivity contribution is -0.0864. The number of hydrogen-bond acceptors (Lipinski definition) is 6. The summed E-state index contributed by atoms with van der Waals surface area (Å²) in [6.07, 6.45) is 0.112. The zero-order valence-electron chi connectivity index (χ0n) is 12.8. The van der Waals surface area contributed by atoms with Crippen molar-refractivity contribution in [3.05, 3.63) is 17.7 Å². The second-order valence-corrected chi connectivity index (χ2v) is 4.73. The molecule has 6 nitrogen and oxygen atoms in total. The third-order valence-electron chi connectivity index (χ3n) is 3.31. The summed E-state index contributed by atoms with van der Waals surface area (Å²) in [6, 6.07) is 3.87. The van der Waals surface area contributed by atoms with Gasteiger partial charge in [0.1, 0.15) is 0 Å². The summed E-state index contributed by atoms with van der Waals surface area (Å²) in [6.45, 7) is 3.43. The summed E-state index contributed by atoms with van der Waals surface area (Å²) < 4.78 is 26.9. The van der Waals surface area contributed by atoms with Gasteiger partial charge < -0.3 is 29.0 Å². The Labute approximate surface area is 125 Å². The Morgan fingerprint density at radius 2 is 1.81 bits per heavy atom. The van der Waals surface area contributed by atoms with Crippen LogP contribution < -0.4 is 19.5 Å². The highest BCUT2D eigenvalue weighted by Gasteiger charge is 2.15. The fourth-order valence-electron chi connectivity index (χ4n) is 2.27. The molecular formula is C15H23NO5. The smallest absolute Gasteiger partial charge is 0.203 e. The molecule has 0 amide bonds. The fourth-order valence-corrected chi connectivity index (χ4v) is 2.27. The lowest BCUT2D eigenvalue weighted by Gasteiger charge is -2.23. The molecule has 1 aliphatic rings. The van der Waals surface area contributed by atoms with E-state index in [1.165, 1.54) is 0 Å². The van der Waals surface area contributed by atoms with Gasteiger partial charge in [0.15, 0.2) is 11.5 Å². The summed E-state index contributed by atoms with van der Waals surface area (Å²) >= 11 is 0. The largest absolute Gasteiger partial charge is 0.493 e. The Morgan fingerprint density at radius 1 is 1.10 bits per heavy atom. The molecule has 1 unspecified atom stereocenters. The molecule has 1 heterocycles. The van der Waals surface area contributed by atoms with Gasteiger partial charge in [-0.1, -0.05) is 0 Å². The summed E-state index contributed by atoms with van der Waals surface area (Å²) in [4.78, 5) is 0. The summed E-state index contributed by atoms with van der Waals surface area (Å²) in [7, 11) is 4.82. The summed E-state index contributed by atoms with van der Waals surface area (Å²) in [5.41, 5.74) is 1.06. The molecule has 6 heteroatoms. The highest BCUT2D eigenvalue weighted by molar-refractivity contribution is 5.53. The molecule has 0 bridgehead atoms. The van der Waals surface area contributed by atoms with Gasteiger partial charge in [0.25, 0.3) is 0 Å². The first-order chi connectivity index (χ1) is 10.3. The van der Waals surface area contributed by atoms with Crippen LogP contribution in [0.2, 0.25) is 0 Å². The standard InChI is InChI=1S/C15H23NO5/c1-17-13-6-11(7-14(18-2)15(13)19-3)8-16-9-12-10-20-4-5-21-12/h6-7,12,16H,4-5,8-10H2,1-3H3. The van der Waals surface area contributed by atoms with E-state index >= 15 is 0 Å². The van der Waals surface area contributed by atoms with Crippen LogP contribution >= 0.6 is 0 Å². The van der Waals surface area contributed by atoms with Crippen LogP contribution in [0, 0.1) is 0 Å². The van der Waals surface area contributed by atoms with Crippen LogP contribution in [0.3, 0.4) is 0 Å². The van der Waals surface area contributed by atoms with Crippen LogP contribution in [-0.2, 0) is 16.0 Å². The molecule has 0 aromatic heterocycles. The maximum atomic E-state index is 5.59. The van der Waals surface area contributed by atoms with Gasteiger partial charge in [-0.3, -0.25) is 0 Å². The minimum atomic E-state index is 0.112. The zero-order valence-corrected chi connectivity index (χ0v) is 12.8. The van der Waals surface area contributed by atoms with E-state index in [1.807, 2.05) is 12.1 Å². The van der Waals surface area contributed by atoms with Gasteiger partial charge in [-0.25, -0.2) is 0 Å². The van der Waals surface area contributed by atoms with Gasteiger partial charge in [-0.15, -0.1) is 0 Å². The maximum Gasteiger partial charge on any atom is 0.203 e. The van der Waals surface area contributed by atoms with Gasteiger partial charge in [0.05, 0.1) is 47.3 Å². The van der Waals surface area contributed by atoms with Crippen molar-refractivity contribution in [3.63, 3.8) is 0 Å². The molecule has 1 aromatic rings. The van der Waals surface area contributed by atoms with Crippen LogP contribution in [0.5, 0.6) is 17.2 Å². The molecule has 21 heavy (non-hydrogen) atoms. The van der Waals surface area contributed by atoms with E-state index in [2.05, 4.69) is 5.32 Å². The van der Waals surface area contributed by atoms with Gasteiger partial charge in [-0.2, -0.15) is 0 Å². The Kier molecular flexibility index (Phi) is 6.10. The highest BCUT2D eigenvalue weighted by atomic mass is 16.6.